The number of anilines is 1. The van der Waals surface area contributed by atoms with E-state index in [0.29, 0.717) is 18.7 Å². The molecule has 1 fully saturated rings. The van der Waals surface area contributed by atoms with Crippen molar-refractivity contribution in [1.82, 2.24) is 0 Å². The van der Waals surface area contributed by atoms with Crippen molar-refractivity contribution >= 4 is 17.6 Å². The maximum Gasteiger partial charge on any atom is 0.309 e. The van der Waals surface area contributed by atoms with Crippen molar-refractivity contribution in [1.29, 1.82) is 0 Å². The van der Waals surface area contributed by atoms with E-state index >= 15 is 0 Å². The Morgan fingerprint density at radius 3 is 2.80 bits per heavy atom. The van der Waals surface area contributed by atoms with Gasteiger partial charge in [-0.25, -0.2) is 0 Å². The van der Waals surface area contributed by atoms with E-state index in [1.807, 2.05) is 25.1 Å². The lowest BCUT2D eigenvalue weighted by atomic mass is 9.96. The molecule has 1 aromatic rings. The second-order valence-electron chi connectivity index (χ2n) is 5.06. The summed E-state index contributed by atoms with van der Waals surface area (Å²) in [6.45, 7) is 2.47. The summed E-state index contributed by atoms with van der Waals surface area (Å²) in [5.41, 5.74) is 1.67. The molecule has 2 N–H and O–H groups in total. The standard InChI is InChI=1S/C15H19NO4/c1-10-5-2-3-6-12(10)16-14(17)9-11(15(18)19)13-7-4-8-20-13/h2-3,5-6,11,13H,4,7-9H2,1H3,(H,16,17)(H,18,19). The molecule has 5 nitrogen and oxygen atoms in total. The molecule has 1 aliphatic heterocycles. The van der Waals surface area contributed by atoms with Crippen molar-refractivity contribution in [3.63, 3.8) is 0 Å². The van der Waals surface area contributed by atoms with Crippen molar-refractivity contribution in [2.75, 3.05) is 11.9 Å². The van der Waals surface area contributed by atoms with Gasteiger partial charge in [-0.2, -0.15) is 0 Å². The van der Waals surface area contributed by atoms with Crippen LogP contribution in [0.15, 0.2) is 24.3 Å². The normalized spacial score (nSPS) is 19.6. The van der Waals surface area contributed by atoms with Crippen LogP contribution in [0, 0.1) is 12.8 Å². The molecule has 20 heavy (non-hydrogen) atoms. The van der Waals surface area contributed by atoms with Gasteiger partial charge >= 0.3 is 5.97 Å². The average molecular weight is 277 g/mol. The number of carbonyl (C=O) groups excluding carboxylic acids is 1. The van der Waals surface area contributed by atoms with Crippen molar-refractivity contribution in [2.24, 2.45) is 5.92 Å². The predicted octanol–water partition coefficient (Wildman–Crippen LogP) is 2.20. The van der Waals surface area contributed by atoms with E-state index in [1.165, 1.54) is 0 Å². The second-order valence-corrected chi connectivity index (χ2v) is 5.06. The van der Waals surface area contributed by atoms with E-state index in [-0.39, 0.29) is 18.4 Å². The van der Waals surface area contributed by atoms with E-state index in [9.17, 15) is 14.7 Å². The third-order valence-corrected chi connectivity index (χ3v) is 3.56. The second kappa shape index (κ2) is 6.52. The molecule has 1 saturated heterocycles. The maximum atomic E-state index is 12.0. The number of aryl methyl sites for hydroxylation is 1. The van der Waals surface area contributed by atoms with Gasteiger partial charge in [0.25, 0.3) is 0 Å². The van der Waals surface area contributed by atoms with Crippen molar-refractivity contribution in [2.45, 2.75) is 32.3 Å². The van der Waals surface area contributed by atoms with Crippen LogP contribution in [0.1, 0.15) is 24.8 Å². The van der Waals surface area contributed by atoms with Crippen molar-refractivity contribution in [3.05, 3.63) is 29.8 Å². The minimum absolute atomic E-state index is 0.0612. The van der Waals surface area contributed by atoms with Gasteiger partial charge < -0.3 is 15.2 Å². The lowest BCUT2D eigenvalue weighted by Crippen LogP contribution is -2.31. The SMILES string of the molecule is Cc1ccccc1NC(=O)CC(C(=O)O)C1CCCO1. The van der Waals surface area contributed by atoms with Gasteiger partial charge in [0.2, 0.25) is 5.91 Å². The lowest BCUT2D eigenvalue weighted by Gasteiger charge is -2.18. The van der Waals surface area contributed by atoms with Crippen LogP contribution in [0.2, 0.25) is 0 Å². The first kappa shape index (κ1) is 14.5. The van der Waals surface area contributed by atoms with E-state index < -0.39 is 11.9 Å². The van der Waals surface area contributed by atoms with Crippen LogP contribution in [0.4, 0.5) is 5.69 Å². The molecule has 0 radical (unpaired) electrons. The molecule has 1 aliphatic rings. The molecule has 0 aliphatic carbocycles. The Bertz CT molecular complexity index is 494. The molecule has 0 aromatic heterocycles. The first-order valence-corrected chi connectivity index (χ1v) is 6.78. The molecule has 1 amide bonds. The lowest BCUT2D eigenvalue weighted by molar-refractivity contribution is -0.148. The van der Waals surface area contributed by atoms with Crippen LogP contribution in [0.3, 0.4) is 0 Å². The van der Waals surface area contributed by atoms with Gasteiger partial charge in [0, 0.05) is 18.7 Å². The monoisotopic (exact) mass is 277 g/mol. The van der Waals surface area contributed by atoms with E-state index in [4.69, 9.17) is 4.74 Å². The fourth-order valence-corrected chi connectivity index (χ4v) is 2.41. The number of benzene rings is 1. The number of carboxylic acid groups (broad SMARTS) is 1. The number of nitrogens with one attached hydrogen (secondary N) is 1. The van der Waals surface area contributed by atoms with E-state index in [1.54, 1.807) is 6.07 Å². The van der Waals surface area contributed by atoms with Crippen molar-refractivity contribution in [3.8, 4) is 0 Å². The fourth-order valence-electron chi connectivity index (χ4n) is 2.41. The number of amides is 1. The summed E-state index contributed by atoms with van der Waals surface area (Å²) < 4.78 is 5.39. The molecular formula is C15H19NO4. The number of rotatable bonds is 5. The molecule has 1 heterocycles. The summed E-state index contributed by atoms with van der Waals surface area (Å²) in [7, 11) is 0. The number of ether oxygens (including phenoxy) is 1. The Kier molecular flexibility index (Phi) is 4.74. The summed E-state index contributed by atoms with van der Waals surface area (Å²) in [4.78, 5) is 23.3. The fraction of sp³-hybridized carbons (Fsp3) is 0.467. The highest BCUT2D eigenvalue weighted by Crippen LogP contribution is 2.24. The highest BCUT2D eigenvalue weighted by Gasteiger charge is 2.33. The molecule has 0 spiro atoms. The molecule has 1 aromatic carbocycles. The molecule has 2 unspecified atom stereocenters. The molecule has 108 valence electrons. The summed E-state index contributed by atoms with van der Waals surface area (Å²) >= 11 is 0. The minimum atomic E-state index is -0.975. The molecular weight excluding hydrogens is 258 g/mol. The molecule has 5 heteroatoms. The Morgan fingerprint density at radius 1 is 1.45 bits per heavy atom. The summed E-state index contributed by atoms with van der Waals surface area (Å²) in [5, 5.41) is 12.0. The topological polar surface area (TPSA) is 75.6 Å². The maximum absolute atomic E-state index is 12.0. The predicted molar refractivity (Wildman–Crippen MR) is 74.5 cm³/mol. The van der Waals surface area contributed by atoms with Crippen LogP contribution in [-0.2, 0) is 14.3 Å². The van der Waals surface area contributed by atoms with Gasteiger partial charge in [-0.3, -0.25) is 9.59 Å². The first-order valence-electron chi connectivity index (χ1n) is 6.78. The first-order chi connectivity index (χ1) is 9.58. The number of para-hydroxylation sites is 1. The van der Waals surface area contributed by atoms with Crippen LogP contribution < -0.4 is 5.32 Å². The minimum Gasteiger partial charge on any atom is -0.481 e. The largest absolute Gasteiger partial charge is 0.481 e. The van der Waals surface area contributed by atoms with Gasteiger partial charge in [0.15, 0.2) is 0 Å². The number of hydrogen-bond donors (Lipinski definition) is 2. The van der Waals surface area contributed by atoms with Crippen LogP contribution in [0.25, 0.3) is 0 Å². The zero-order valence-electron chi connectivity index (χ0n) is 11.5. The summed E-state index contributed by atoms with van der Waals surface area (Å²) in [5.74, 6) is -2.04. The summed E-state index contributed by atoms with van der Waals surface area (Å²) in [6, 6.07) is 7.41. The average Bonchev–Trinajstić information content (AvgIpc) is 2.92. The van der Waals surface area contributed by atoms with Crippen molar-refractivity contribution < 1.29 is 19.4 Å². The van der Waals surface area contributed by atoms with Gasteiger partial charge in [-0.1, -0.05) is 18.2 Å². The highest BCUT2D eigenvalue weighted by molar-refractivity contribution is 5.93. The number of carboxylic acids is 1. The smallest absolute Gasteiger partial charge is 0.309 e. The van der Waals surface area contributed by atoms with Gasteiger partial charge in [-0.15, -0.1) is 0 Å². The third-order valence-electron chi connectivity index (χ3n) is 3.56. The van der Waals surface area contributed by atoms with Gasteiger partial charge in [-0.05, 0) is 31.4 Å². The number of carbonyl (C=O) groups is 2. The molecule has 2 atom stereocenters. The Morgan fingerprint density at radius 2 is 2.20 bits per heavy atom. The van der Waals surface area contributed by atoms with Crippen LogP contribution in [0.5, 0.6) is 0 Å². The quantitative estimate of drug-likeness (QED) is 0.865. The highest BCUT2D eigenvalue weighted by atomic mass is 16.5. The van der Waals surface area contributed by atoms with Gasteiger partial charge in [0.1, 0.15) is 0 Å². The van der Waals surface area contributed by atoms with E-state index in [2.05, 4.69) is 5.32 Å². The molecule has 0 saturated carbocycles. The third kappa shape index (κ3) is 3.57. The Balaban J connectivity index is 1.98. The number of aliphatic carboxylic acids is 1. The molecule has 2 rings (SSSR count). The molecule has 0 bridgehead atoms. The summed E-state index contributed by atoms with van der Waals surface area (Å²) in [6.07, 6.45) is 1.15. The Labute approximate surface area is 117 Å². The van der Waals surface area contributed by atoms with E-state index in [0.717, 1.165) is 12.0 Å². The van der Waals surface area contributed by atoms with Gasteiger partial charge in [0.05, 0.1) is 12.0 Å². The van der Waals surface area contributed by atoms with Crippen LogP contribution in [-0.4, -0.2) is 29.7 Å². The zero-order chi connectivity index (χ0) is 14.5. The van der Waals surface area contributed by atoms with Crippen LogP contribution >= 0.6 is 0 Å². The Hall–Kier alpha value is -1.88. The zero-order valence-corrected chi connectivity index (χ0v) is 11.5. The number of hydrogen-bond acceptors (Lipinski definition) is 3.